The first kappa shape index (κ1) is 31.3. The molecule has 0 aliphatic carbocycles. The van der Waals surface area contributed by atoms with Crippen molar-refractivity contribution in [2.75, 3.05) is 40.4 Å². The van der Waals surface area contributed by atoms with Crippen LogP contribution in [0.2, 0.25) is 0 Å². The number of fused-ring (bicyclic) bond motifs is 1. The van der Waals surface area contributed by atoms with E-state index in [0.717, 1.165) is 5.56 Å². The summed E-state index contributed by atoms with van der Waals surface area (Å²) in [6.45, 7) is 4.20. The SMILES string of the molecule is C=CCOC(=O)NCCC[C@H]1C(=O)N(Cc2ccc(OC)cc2)C[C@H]2N1C(=O)CN(C)N2C(=O)NCc1ccc(F)cc1. The number of ether oxygens (including phenoxy) is 2. The number of carbonyl (C=O) groups excluding carboxylic acids is 4. The van der Waals surface area contributed by atoms with Gasteiger partial charge in [-0.25, -0.2) is 24.0 Å². The van der Waals surface area contributed by atoms with Crippen LogP contribution in [-0.2, 0) is 27.4 Å². The van der Waals surface area contributed by atoms with E-state index in [-0.39, 0.29) is 63.4 Å². The van der Waals surface area contributed by atoms with Gasteiger partial charge < -0.3 is 29.9 Å². The molecule has 0 spiro atoms. The molecular formula is C30H37FN6O6. The predicted molar refractivity (Wildman–Crippen MR) is 155 cm³/mol. The van der Waals surface area contributed by atoms with E-state index >= 15 is 0 Å². The summed E-state index contributed by atoms with van der Waals surface area (Å²) in [5.74, 6) is -0.221. The number of alkyl carbamates (subject to hydrolysis) is 1. The molecule has 0 radical (unpaired) electrons. The molecule has 12 nitrogen and oxygen atoms in total. The third-order valence-electron chi connectivity index (χ3n) is 7.29. The molecule has 2 saturated heterocycles. The monoisotopic (exact) mass is 596 g/mol. The van der Waals surface area contributed by atoms with Crippen molar-refractivity contribution >= 4 is 23.9 Å². The van der Waals surface area contributed by atoms with Crippen LogP contribution in [0.25, 0.3) is 0 Å². The fraction of sp³-hybridized carbons (Fsp3) is 0.400. The van der Waals surface area contributed by atoms with Crippen molar-refractivity contribution in [1.29, 1.82) is 0 Å². The molecule has 0 bridgehead atoms. The van der Waals surface area contributed by atoms with Crippen molar-refractivity contribution in [3.8, 4) is 5.75 Å². The second-order valence-electron chi connectivity index (χ2n) is 10.3. The summed E-state index contributed by atoms with van der Waals surface area (Å²) in [6.07, 6.45) is 0.730. The summed E-state index contributed by atoms with van der Waals surface area (Å²) in [4.78, 5) is 55.7. The highest BCUT2D eigenvalue weighted by molar-refractivity contribution is 5.91. The van der Waals surface area contributed by atoms with Gasteiger partial charge in [-0.1, -0.05) is 36.9 Å². The second-order valence-corrected chi connectivity index (χ2v) is 10.3. The lowest BCUT2D eigenvalue weighted by Gasteiger charge is -2.54. The topological polar surface area (TPSA) is 124 Å². The Labute approximate surface area is 250 Å². The molecule has 2 aliphatic heterocycles. The molecule has 230 valence electrons. The van der Waals surface area contributed by atoms with Crippen LogP contribution in [0.1, 0.15) is 24.0 Å². The number of halogens is 1. The predicted octanol–water partition coefficient (Wildman–Crippen LogP) is 2.46. The third-order valence-corrected chi connectivity index (χ3v) is 7.29. The minimum Gasteiger partial charge on any atom is -0.497 e. The van der Waals surface area contributed by atoms with E-state index in [4.69, 9.17) is 9.47 Å². The van der Waals surface area contributed by atoms with E-state index in [2.05, 4.69) is 17.2 Å². The Kier molecular flexibility index (Phi) is 10.5. The number of likely N-dealkylation sites (N-methyl/N-ethyl adjacent to an activating group) is 1. The lowest BCUT2D eigenvalue weighted by atomic mass is 10.0. The fourth-order valence-electron chi connectivity index (χ4n) is 5.21. The van der Waals surface area contributed by atoms with Crippen LogP contribution in [0.15, 0.2) is 61.2 Å². The van der Waals surface area contributed by atoms with Crippen LogP contribution in [-0.4, -0.2) is 96.4 Å². The van der Waals surface area contributed by atoms with Crippen molar-refractivity contribution in [3.05, 3.63) is 78.1 Å². The number of rotatable bonds is 11. The van der Waals surface area contributed by atoms with Crippen molar-refractivity contribution in [2.24, 2.45) is 0 Å². The number of piperazine rings is 1. The first-order chi connectivity index (χ1) is 20.7. The first-order valence-corrected chi connectivity index (χ1v) is 14.0. The summed E-state index contributed by atoms with van der Waals surface area (Å²) in [5, 5.41) is 8.48. The maximum atomic E-state index is 13.8. The number of amides is 5. The van der Waals surface area contributed by atoms with E-state index in [1.165, 1.54) is 28.1 Å². The molecule has 2 fully saturated rings. The molecule has 13 heteroatoms. The van der Waals surface area contributed by atoms with Crippen LogP contribution in [0.3, 0.4) is 0 Å². The average Bonchev–Trinajstić information content (AvgIpc) is 2.99. The summed E-state index contributed by atoms with van der Waals surface area (Å²) < 4.78 is 23.5. The second kappa shape index (κ2) is 14.5. The van der Waals surface area contributed by atoms with Crippen LogP contribution >= 0.6 is 0 Å². The molecule has 2 aromatic carbocycles. The van der Waals surface area contributed by atoms with Crippen molar-refractivity contribution < 1.29 is 33.0 Å². The van der Waals surface area contributed by atoms with Crippen molar-refractivity contribution in [3.63, 3.8) is 0 Å². The summed E-state index contributed by atoms with van der Waals surface area (Å²) in [5.41, 5.74) is 1.56. The van der Waals surface area contributed by atoms with Gasteiger partial charge in [-0.15, -0.1) is 0 Å². The van der Waals surface area contributed by atoms with Crippen LogP contribution < -0.4 is 15.4 Å². The zero-order valence-corrected chi connectivity index (χ0v) is 24.3. The van der Waals surface area contributed by atoms with Gasteiger partial charge >= 0.3 is 12.1 Å². The van der Waals surface area contributed by atoms with E-state index in [1.807, 2.05) is 12.1 Å². The number of benzene rings is 2. The molecule has 0 saturated carbocycles. The Morgan fingerprint density at radius 1 is 1.07 bits per heavy atom. The van der Waals surface area contributed by atoms with Gasteiger partial charge in [-0.2, -0.15) is 0 Å². The average molecular weight is 597 g/mol. The van der Waals surface area contributed by atoms with Gasteiger partial charge in [-0.3, -0.25) is 9.59 Å². The van der Waals surface area contributed by atoms with Crippen LogP contribution in [0, 0.1) is 5.82 Å². The van der Waals surface area contributed by atoms with Crippen LogP contribution in [0.4, 0.5) is 14.0 Å². The van der Waals surface area contributed by atoms with Gasteiger partial charge in [0.1, 0.15) is 30.4 Å². The number of hydrogen-bond acceptors (Lipinski definition) is 7. The molecule has 2 N–H and O–H groups in total. The molecule has 4 rings (SSSR count). The first-order valence-electron chi connectivity index (χ1n) is 14.0. The molecule has 5 amide bonds. The van der Waals surface area contributed by atoms with Gasteiger partial charge in [0.15, 0.2) is 0 Å². The van der Waals surface area contributed by atoms with Gasteiger partial charge in [0.05, 0.1) is 20.2 Å². The molecule has 0 unspecified atom stereocenters. The zero-order chi connectivity index (χ0) is 30.9. The maximum absolute atomic E-state index is 13.8. The number of urea groups is 1. The fourth-order valence-corrected chi connectivity index (χ4v) is 5.21. The zero-order valence-electron chi connectivity index (χ0n) is 24.3. The number of hydrogen-bond donors (Lipinski definition) is 2. The van der Waals surface area contributed by atoms with E-state index < -0.39 is 24.3 Å². The normalized spacial score (nSPS) is 18.6. The van der Waals surface area contributed by atoms with E-state index in [1.54, 1.807) is 48.3 Å². The van der Waals surface area contributed by atoms with Crippen molar-refractivity contribution in [1.82, 2.24) is 30.5 Å². The summed E-state index contributed by atoms with van der Waals surface area (Å²) in [6, 6.07) is 11.8. The largest absolute Gasteiger partial charge is 0.497 e. The molecular weight excluding hydrogens is 559 g/mol. The van der Waals surface area contributed by atoms with Gasteiger partial charge in [0.25, 0.3) is 0 Å². The minimum absolute atomic E-state index is 0.0732. The summed E-state index contributed by atoms with van der Waals surface area (Å²) >= 11 is 0. The Bertz CT molecular complexity index is 1310. The number of methoxy groups -OCH3 is 1. The third kappa shape index (κ3) is 7.80. The molecule has 2 atom stereocenters. The quantitative estimate of drug-likeness (QED) is 0.302. The Morgan fingerprint density at radius 3 is 2.44 bits per heavy atom. The van der Waals surface area contributed by atoms with Gasteiger partial charge in [-0.05, 0) is 48.2 Å². The number of hydrazine groups is 1. The maximum Gasteiger partial charge on any atom is 0.407 e. The highest BCUT2D eigenvalue weighted by Gasteiger charge is 2.50. The van der Waals surface area contributed by atoms with Crippen molar-refractivity contribution in [2.45, 2.75) is 38.1 Å². The van der Waals surface area contributed by atoms with Gasteiger partial charge in [0.2, 0.25) is 11.8 Å². The molecule has 2 aromatic rings. The molecule has 2 aliphatic rings. The minimum atomic E-state index is -0.850. The van der Waals surface area contributed by atoms with E-state index in [9.17, 15) is 23.6 Å². The molecule has 43 heavy (non-hydrogen) atoms. The smallest absolute Gasteiger partial charge is 0.407 e. The van der Waals surface area contributed by atoms with E-state index in [0.29, 0.717) is 17.7 Å². The number of nitrogens with zero attached hydrogens (tertiary/aromatic N) is 4. The molecule has 0 aromatic heterocycles. The highest BCUT2D eigenvalue weighted by Crippen LogP contribution is 2.29. The number of nitrogens with one attached hydrogen (secondary N) is 2. The Balaban J connectivity index is 1.54. The highest BCUT2D eigenvalue weighted by atomic mass is 19.1. The Morgan fingerprint density at radius 2 is 1.77 bits per heavy atom. The standard InChI is InChI=1S/C30H37FN6O6/c1-4-16-43-30(41)32-15-5-6-25-28(39)35(18-22-9-13-24(42-3)14-10-22)19-26-36(25)27(38)20-34(2)37(26)29(40)33-17-21-7-11-23(31)12-8-21/h4,7-14,25-26H,1,5-6,15-20H2,2-3H3,(H,32,41)(H,33,40)/t25-,26-/m0/s1. The van der Waals surface area contributed by atoms with Crippen LogP contribution in [0.5, 0.6) is 5.75 Å². The Hall–Kier alpha value is -4.65. The lowest BCUT2D eigenvalue weighted by Crippen LogP contribution is -2.75. The summed E-state index contributed by atoms with van der Waals surface area (Å²) in [7, 11) is 3.22. The number of carbonyl (C=O) groups is 4. The lowest BCUT2D eigenvalue weighted by molar-refractivity contribution is -0.188. The molecule has 2 heterocycles. The van der Waals surface area contributed by atoms with Gasteiger partial charge in [0, 0.05) is 26.7 Å².